The van der Waals surface area contributed by atoms with E-state index in [-0.39, 0.29) is 24.4 Å². The third-order valence-electron chi connectivity index (χ3n) is 3.65. The Hall–Kier alpha value is -0.280. The largest absolute Gasteiger partial charge is 1.00 e. The molecule has 3 nitrogen and oxygen atoms in total. The van der Waals surface area contributed by atoms with Crippen molar-refractivity contribution in [3.63, 3.8) is 0 Å². The molecule has 0 aromatic rings. The number of carbonyl (C=O) groups is 1. The minimum atomic E-state index is -0.398. The zero-order valence-corrected chi connectivity index (χ0v) is 16.0. The summed E-state index contributed by atoms with van der Waals surface area (Å²) < 4.78 is 5.34. The molecule has 0 spiro atoms. The van der Waals surface area contributed by atoms with Gasteiger partial charge in [0.1, 0.15) is 5.60 Å². The van der Waals surface area contributed by atoms with E-state index < -0.39 is 5.60 Å². The molecule has 0 unspecified atom stereocenters. The van der Waals surface area contributed by atoms with E-state index in [0.717, 1.165) is 12.8 Å². The monoisotopic (exact) mass is 335 g/mol. The molecule has 0 aliphatic heterocycles. The fourth-order valence-electron chi connectivity index (χ4n) is 2.38. The lowest BCUT2D eigenvalue weighted by Crippen LogP contribution is -3.00. The smallest absolute Gasteiger partial charge is 0.365 e. The van der Waals surface area contributed by atoms with Gasteiger partial charge in [-0.3, -0.25) is 0 Å². The standard InChI is InChI=1S/C18H37NO2.ClH/c1-5-6-7-8-9-10-11-12-13-14-15-16(19)17(20)21-18(2,3)4;/h16H,5-15,19H2,1-4H3;1H/t16-;/m1./s1. The van der Waals surface area contributed by atoms with Crippen LogP contribution in [0.15, 0.2) is 0 Å². The molecular formula is C18H38ClNO2. The predicted molar refractivity (Wildman–Crippen MR) is 89.0 cm³/mol. The van der Waals surface area contributed by atoms with Crippen molar-refractivity contribution in [1.82, 2.24) is 0 Å². The summed E-state index contributed by atoms with van der Waals surface area (Å²) >= 11 is 0. The first kappa shape index (κ1) is 24.0. The summed E-state index contributed by atoms with van der Waals surface area (Å²) in [6.45, 7) is 7.96. The van der Waals surface area contributed by atoms with Gasteiger partial charge in [0.15, 0.2) is 6.04 Å². The number of ether oxygens (including phenoxy) is 1. The molecule has 0 saturated heterocycles. The second kappa shape index (κ2) is 14.3. The van der Waals surface area contributed by atoms with Crippen LogP contribution in [0.3, 0.4) is 0 Å². The Balaban J connectivity index is 0. The Morgan fingerprint density at radius 3 is 1.73 bits per heavy atom. The lowest BCUT2D eigenvalue weighted by Gasteiger charge is -2.20. The number of esters is 1. The van der Waals surface area contributed by atoms with Gasteiger partial charge in [-0.1, -0.05) is 64.7 Å². The normalized spacial score (nSPS) is 12.6. The highest BCUT2D eigenvalue weighted by Gasteiger charge is 2.24. The van der Waals surface area contributed by atoms with Crippen molar-refractivity contribution in [3.05, 3.63) is 0 Å². The van der Waals surface area contributed by atoms with Crippen molar-refractivity contribution in [2.75, 3.05) is 0 Å². The van der Waals surface area contributed by atoms with Gasteiger partial charge in [0, 0.05) is 6.42 Å². The quantitative estimate of drug-likeness (QED) is 0.431. The molecular weight excluding hydrogens is 298 g/mol. The van der Waals surface area contributed by atoms with Gasteiger partial charge in [-0.15, -0.1) is 0 Å². The first-order valence-electron chi connectivity index (χ1n) is 8.92. The van der Waals surface area contributed by atoms with Gasteiger partial charge < -0.3 is 22.9 Å². The molecule has 0 rings (SSSR count). The van der Waals surface area contributed by atoms with Gasteiger partial charge >= 0.3 is 5.97 Å². The van der Waals surface area contributed by atoms with Crippen LogP contribution in [0.1, 0.15) is 98.3 Å². The fourth-order valence-corrected chi connectivity index (χ4v) is 2.38. The highest BCUT2D eigenvalue weighted by atomic mass is 35.5. The van der Waals surface area contributed by atoms with Crippen molar-refractivity contribution < 1.29 is 27.7 Å². The second-order valence-corrected chi connectivity index (χ2v) is 7.20. The van der Waals surface area contributed by atoms with Crippen molar-refractivity contribution >= 4 is 5.97 Å². The molecule has 0 aromatic carbocycles. The molecule has 0 aliphatic carbocycles. The fraction of sp³-hybridized carbons (Fsp3) is 0.944. The van der Waals surface area contributed by atoms with Gasteiger partial charge in [0.05, 0.1) is 0 Å². The van der Waals surface area contributed by atoms with Gasteiger partial charge in [0.25, 0.3) is 0 Å². The van der Waals surface area contributed by atoms with E-state index in [4.69, 9.17) is 4.74 Å². The molecule has 0 amide bonds. The van der Waals surface area contributed by atoms with Crippen molar-refractivity contribution in [2.24, 2.45) is 0 Å². The maximum Gasteiger partial charge on any atom is 0.365 e. The molecule has 0 aliphatic rings. The molecule has 134 valence electrons. The van der Waals surface area contributed by atoms with Crippen molar-refractivity contribution in [2.45, 2.75) is 110 Å². The average Bonchev–Trinajstić information content (AvgIpc) is 2.38. The van der Waals surface area contributed by atoms with Crippen LogP contribution in [0.25, 0.3) is 0 Å². The number of rotatable bonds is 12. The molecule has 22 heavy (non-hydrogen) atoms. The minimum Gasteiger partial charge on any atom is -1.00 e. The van der Waals surface area contributed by atoms with Gasteiger partial charge in [0.2, 0.25) is 0 Å². The third-order valence-corrected chi connectivity index (χ3v) is 3.65. The summed E-state index contributed by atoms with van der Waals surface area (Å²) in [5, 5.41) is 0. The van der Waals surface area contributed by atoms with Crippen molar-refractivity contribution in [3.8, 4) is 0 Å². The molecule has 0 fully saturated rings. The van der Waals surface area contributed by atoms with Gasteiger partial charge in [-0.05, 0) is 27.2 Å². The number of carbonyl (C=O) groups excluding carboxylic acids is 1. The summed E-state index contributed by atoms with van der Waals surface area (Å²) in [7, 11) is 0. The maximum absolute atomic E-state index is 11.8. The lowest BCUT2D eigenvalue weighted by atomic mass is 10.0. The summed E-state index contributed by atoms with van der Waals surface area (Å²) in [5.74, 6) is -0.154. The van der Waals surface area contributed by atoms with E-state index in [0.29, 0.717) is 0 Å². The Morgan fingerprint density at radius 1 is 0.909 bits per heavy atom. The van der Waals surface area contributed by atoms with E-state index in [2.05, 4.69) is 12.7 Å². The molecule has 0 bridgehead atoms. The van der Waals surface area contributed by atoms with E-state index in [1.54, 1.807) is 0 Å². The van der Waals surface area contributed by atoms with Crippen LogP contribution in [0, 0.1) is 0 Å². The number of hydrogen-bond acceptors (Lipinski definition) is 2. The van der Waals surface area contributed by atoms with E-state index in [1.807, 2.05) is 20.8 Å². The Morgan fingerprint density at radius 2 is 1.32 bits per heavy atom. The van der Waals surface area contributed by atoms with Crippen LogP contribution in [0.5, 0.6) is 0 Å². The molecule has 0 radical (unpaired) electrons. The summed E-state index contributed by atoms with van der Waals surface area (Å²) in [5.41, 5.74) is 3.53. The minimum absolute atomic E-state index is 0. The number of halogens is 1. The number of unbranched alkanes of at least 4 members (excludes halogenated alkanes) is 9. The first-order chi connectivity index (χ1) is 9.87. The Labute approximate surface area is 144 Å². The predicted octanol–water partition coefficient (Wildman–Crippen LogP) is 1.25. The van der Waals surface area contributed by atoms with E-state index in [1.165, 1.54) is 57.8 Å². The Bertz CT molecular complexity index is 264. The summed E-state index contributed by atoms with van der Waals surface area (Å²) in [4.78, 5) is 11.8. The topological polar surface area (TPSA) is 53.9 Å². The number of hydrogen-bond donors (Lipinski definition) is 1. The van der Waals surface area contributed by atoms with Crippen LogP contribution in [0.4, 0.5) is 0 Å². The summed E-state index contributed by atoms with van der Waals surface area (Å²) in [6, 6.07) is -0.210. The molecule has 4 heteroatoms. The molecule has 0 saturated carbocycles. The highest BCUT2D eigenvalue weighted by Crippen LogP contribution is 2.13. The van der Waals surface area contributed by atoms with Crippen LogP contribution in [-0.2, 0) is 9.53 Å². The van der Waals surface area contributed by atoms with Gasteiger partial charge in [-0.25, -0.2) is 4.79 Å². The first-order valence-corrected chi connectivity index (χ1v) is 8.92. The molecule has 3 N–H and O–H groups in total. The van der Waals surface area contributed by atoms with Crippen LogP contribution >= 0.6 is 0 Å². The highest BCUT2D eigenvalue weighted by molar-refractivity contribution is 5.74. The Kier molecular flexibility index (Phi) is 15.6. The second-order valence-electron chi connectivity index (χ2n) is 7.20. The van der Waals surface area contributed by atoms with Crippen LogP contribution < -0.4 is 18.1 Å². The van der Waals surface area contributed by atoms with Crippen molar-refractivity contribution in [1.29, 1.82) is 0 Å². The van der Waals surface area contributed by atoms with Crippen LogP contribution in [-0.4, -0.2) is 17.6 Å². The molecule has 1 atom stereocenters. The third kappa shape index (κ3) is 16.1. The van der Waals surface area contributed by atoms with Crippen LogP contribution in [0.2, 0.25) is 0 Å². The summed E-state index contributed by atoms with van der Waals surface area (Å²) in [6.07, 6.45) is 14.0. The zero-order valence-electron chi connectivity index (χ0n) is 15.3. The molecule has 0 aromatic heterocycles. The lowest BCUT2D eigenvalue weighted by molar-refractivity contribution is -0.411. The van der Waals surface area contributed by atoms with Gasteiger partial charge in [-0.2, -0.15) is 0 Å². The number of quaternary nitrogens is 1. The van der Waals surface area contributed by atoms with E-state index >= 15 is 0 Å². The average molecular weight is 336 g/mol. The zero-order chi connectivity index (χ0) is 16.1. The maximum atomic E-state index is 11.8. The van der Waals surface area contributed by atoms with E-state index in [9.17, 15) is 4.79 Å². The molecule has 0 heterocycles. The SMILES string of the molecule is CCCCCCCCCCCC[C@@H]([NH3+])C(=O)OC(C)(C)C.[Cl-].